The van der Waals surface area contributed by atoms with Crippen LogP contribution in [0.3, 0.4) is 0 Å². The van der Waals surface area contributed by atoms with Crippen molar-refractivity contribution in [3.8, 4) is 10.6 Å². The van der Waals surface area contributed by atoms with Crippen molar-refractivity contribution in [2.24, 2.45) is 0 Å². The standard InChI is InChI=1S/C24H27F3N4O5S/c1-23(2,3)36-22(33)31-13-10-14(31)12-30(11-13)21-29-17-15(19(24(25,26)27)34-8-7-32)4-5-16(18(17)35-21)20-28-6-9-37-20/h4-6,9,13-14,19,32H,7-8,10-12H2,1-3H3. The van der Waals surface area contributed by atoms with Crippen LogP contribution in [0.2, 0.25) is 0 Å². The van der Waals surface area contributed by atoms with Crippen LogP contribution < -0.4 is 4.90 Å². The summed E-state index contributed by atoms with van der Waals surface area (Å²) in [4.78, 5) is 24.9. The number of benzene rings is 1. The molecule has 37 heavy (non-hydrogen) atoms. The lowest BCUT2D eigenvalue weighted by Gasteiger charge is -2.55. The molecule has 1 aromatic carbocycles. The summed E-state index contributed by atoms with van der Waals surface area (Å²) in [6.07, 6.45) is -5.00. The number of anilines is 1. The molecule has 200 valence electrons. The number of carbonyl (C=O) groups excluding carboxylic acids is 1. The molecule has 3 fully saturated rings. The minimum Gasteiger partial charge on any atom is -0.444 e. The highest BCUT2D eigenvalue weighted by molar-refractivity contribution is 7.13. The number of nitrogens with zero attached hydrogens (tertiary/aromatic N) is 4. The predicted octanol–water partition coefficient (Wildman–Crippen LogP) is 4.76. The van der Waals surface area contributed by atoms with Crippen LogP contribution in [-0.2, 0) is 9.47 Å². The second kappa shape index (κ2) is 9.44. The normalized spacial score (nSPS) is 20.7. The highest BCUT2D eigenvalue weighted by Gasteiger charge is 2.50. The number of halogens is 3. The topological polar surface area (TPSA) is 101 Å². The number of thiazole rings is 1. The summed E-state index contributed by atoms with van der Waals surface area (Å²) in [5.74, 6) is 0. The van der Waals surface area contributed by atoms with E-state index in [1.54, 1.807) is 37.2 Å². The molecule has 2 aromatic heterocycles. The van der Waals surface area contributed by atoms with Gasteiger partial charge in [0.2, 0.25) is 0 Å². The number of aliphatic hydroxyl groups excluding tert-OH is 1. The molecule has 3 atom stereocenters. The fourth-order valence-corrected chi connectivity index (χ4v) is 5.46. The first-order chi connectivity index (χ1) is 17.5. The first-order valence-electron chi connectivity index (χ1n) is 11.8. The first-order valence-corrected chi connectivity index (χ1v) is 12.7. The van der Waals surface area contributed by atoms with E-state index in [9.17, 15) is 18.0 Å². The van der Waals surface area contributed by atoms with E-state index in [1.165, 1.54) is 23.5 Å². The van der Waals surface area contributed by atoms with Gasteiger partial charge in [-0.2, -0.15) is 18.2 Å². The number of carbonyl (C=O) groups is 1. The summed E-state index contributed by atoms with van der Waals surface area (Å²) >= 11 is 1.33. The Morgan fingerprint density at radius 2 is 2.00 bits per heavy atom. The third-order valence-corrected chi connectivity index (χ3v) is 7.06. The fraction of sp³-hybridized carbons (Fsp3) is 0.542. The summed E-state index contributed by atoms with van der Waals surface area (Å²) in [7, 11) is 0. The molecule has 1 N–H and O–H groups in total. The van der Waals surface area contributed by atoms with E-state index in [0.29, 0.717) is 23.7 Å². The van der Waals surface area contributed by atoms with Crippen molar-refractivity contribution in [1.82, 2.24) is 14.9 Å². The lowest BCUT2D eigenvalue weighted by molar-refractivity contribution is -0.225. The van der Waals surface area contributed by atoms with Crippen LogP contribution in [0.4, 0.5) is 24.0 Å². The molecule has 3 aliphatic heterocycles. The van der Waals surface area contributed by atoms with Gasteiger partial charge in [-0.15, -0.1) is 11.3 Å². The number of fused-ring (bicyclic) bond motifs is 3. The molecule has 2 bridgehead atoms. The molecule has 3 aromatic rings. The van der Waals surface area contributed by atoms with E-state index in [0.717, 1.165) is 6.42 Å². The van der Waals surface area contributed by atoms with Crippen molar-refractivity contribution in [1.29, 1.82) is 0 Å². The maximum atomic E-state index is 14.0. The molecule has 3 aliphatic rings. The van der Waals surface area contributed by atoms with Gasteiger partial charge in [-0.25, -0.2) is 9.78 Å². The van der Waals surface area contributed by atoms with Gasteiger partial charge < -0.3 is 23.9 Å². The zero-order valence-electron chi connectivity index (χ0n) is 20.5. The molecule has 3 saturated heterocycles. The Labute approximate surface area is 214 Å². The van der Waals surface area contributed by atoms with Crippen molar-refractivity contribution in [2.45, 2.75) is 57.2 Å². The zero-order chi connectivity index (χ0) is 26.5. The Balaban J connectivity index is 1.49. The molecule has 13 heteroatoms. The van der Waals surface area contributed by atoms with Crippen LogP contribution >= 0.6 is 11.3 Å². The van der Waals surface area contributed by atoms with Crippen LogP contribution in [0.15, 0.2) is 28.1 Å². The van der Waals surface area contributed by atoms with Crippen LogP contribution in [0.1, 0.15) is 38.9 Å². The summed E-state index contributed by atoms with van der Waals surface area (Å²) in [6.45, 7) is 5.20. The largest absolute Gasteiger partial charge is 0.444 e. The van der Waals surface area contributed by atoms with Crippen LogP contribution in [0, 0.1) is 0 Å². The number of oxazole rings is 1. The number of aromatic nitrogens is 2. The maximum absolute atomic E-state index is 14.0. The second-order valence-corrected chi connectivity index (χ2v) is 11.0. The molecule has 0 radical (unpaired) electrons. The van der Waals surface area contributed by atoms with Gasteiger partial charge in [-0.05, 0) is 33.3 Å². The minimum absolute atomic E-state index is 0.0196. The number of amides is 1. The van der Waals surface area contributed by atoms with Crippen molar-refractivity contribution < 1.29 is 37.0 Å². The predicted molar refractivity (Wildman–Crippen MR) is 129 cm³/mol. The number of ether oxygens (including phenoxy) is 2. The molecule has 9 nitrogen and oxygen atoms in total. The third kappa shape index (κ3) is 4.99. The van der Waals surface area contributed by atoms with Crippen molar-refractivity contribution >= 4 is 34.5 Å². The summed E-state index contributed by atoms with van der Waals surface area (Å²) < 4.78 is 58.5. The van der Waals surface area contributed by atoms with Gasteiger partial charge in [-0.1, -0.05) is 6.07 Å². The molecular formula is C24H27F3N4O5S. The van der Waals surface area contributed by atoms with Crippen LogP contribution in [0.5, 0.6) is 0 Å². The second-order valence-electron chi connectivity index (χ2n) is 10.1. The van der Waals surface area contributed by atoms with Crippen molar-refractivity contribution in [3.05, 3.63) is 29.3 Å². The van der Waals surface area contributed by atoms with Crippen LogP contribution in [-0.4, -0.2) is 76.2 Å². The van der Waals surface area contributed by atoms with Gasteiger partial charge in [0.15, 0.2) is 11.7 Å². The number of aliphatic hydroxyl groups is 1. The van der Waals surface area contributed by atoms with Gasteiger partial charge in [0.1, 0.15) is 16.1 Å². The van der Waals surface area contributed by atoms with E-state index in [2.05, 4.69) is 9.97 Å². The summed E-state index contributed by atoms with van der Waals surface area (Å²) in [6, 6.07) is 2.78. The Morgan fingerprint density at radius 3 is 2.59 bits per heavy atom. The number of piperidine rings is 1. The number of rotatable bonds is 6. The van der Waals surface area contributed by atoms with Gasteiger partial charge >= 0.3 is 12.3 Å². The first kappa shape index (κ1) is 25.7. The SMILES string of the molecule is CC(C)(C)OC(=O)N1C2CC1CN(c1nc3c(C(OCCO)C(F)(F)F)ccc(-c4nccs4)c3o1)C2. The van der Waals surface area contributed by atoms with E-state index in [4.69, 9.17) is 19.0 Å². The number of piperazine rings is 1. The van der Waals surface area contributed by atoms with E-state index in [1.807, 2.05) is 4.90 Å². The Hall–Kier alpha value is -2.90. The molecular weight excluding hydrogens is 513 g/mol. The molecule has 6 rings (SSSR count). The summed E-state index contributed by atoms with van der Waals surface area (Å²) in [5, 5.41) is 11.4. The van der Waals surface area contributed by atoms with E-state index in [-0.39, 0.29) is 40.9 Å². The number of hydrogen-bond acceptors (Lipinski definition) is 9. The average molecular weight is 541 g/mol. The van der Waals surface area contributed by atoms with Gasteiger partial charge in [0, 0.05) is 30.2 Å². The van der Waals surface area contributed by atoms with E-state index >= 15 is 0 Å². The lowest BCUT2D eigenvalue weighted by atomic mass is 9.88. The smallest absolute Gasteiger partial charge is 0.418 e. The highest BCUT2D eigenvalue weighted by atomic mass is 32.1. The van der Waals surface area contributed by atoms with Crippen molar-refractivity contribution in [3.63, 3.8) is 0 Å². The molecule has 1 amide bonds. The Morgan fingerprint density at radius 1 is 1.27 bits per heavy atom. The van der Waals surface area contributed by atoms with Gasteiger partial charge in [0.05, 0.1) is 30.9 Å². The van der Waals surface area contributed by atoms with Gasteiger partial charge in [0.25, 0.3) is 6.01 Å². The zero-order valence-corrected chi connectivity index (χ0v) is 21.3. The molecule has 0 spiro atoms. The van der Waals surface area contributed by atoms with Crippen molar-refractivity contribution in [2.75, 3.05) is 31.2 Å². The quantitative estimate of drug-likeness (QED) is 0.478. The number of hydrogen-bond donors (Lipinski definition) is 1. The fourth-order valence-electron chi connectivity index (χ4n) is 4.80. The Bertz CT molecular complexity index is 1260. The van der Waals surface area contributed by atoms with Gasteiger partial charge in [-0.3, -0.25) is 4.90 Å². The number of alkyl halides is 3. The molecule has 0 aliphatic carbocycles. The van der Waals surface area contributed by atoms with Crippen LogP contribution in [0.25, 0.3) is 21.7 Å². The highest BCUT2D eigenvalue weighted by Crippen LogP contribution is 2.44. The monoisotopic (exact) mass is 540 g/mol. The Kier molecular flexibility index (Phi) is 6.57. The third-order valence-electron chi connectivity index (χ3n) is 6.25. The lowest BCUT2D eigenvalue weighted by Crippen LogP contribution is -2.70. The average Bonchev–Trinajstić information content (AvgIpc) is 3.48. The minimum atomic E-state index is -4.73. The summed E-state index contributed by atoms with van der Waals surface area (Å²) in [5.41, 5.74) is -0.104. The maximum Gasteiger partial charge on any atom is 0.418 e. The van der Waals surface area contributed by atoms with E-state index < -0.39 is 31.1 Å². The molecule has 3 unspecified atom stereocenters. The molecule has 0 saturated carbocycles. The molecule has 5 heterocycles.